The summed E-state index contributed by atoms with van der Waals surface area (Å²) in [5.41, 5.74) is 2.12. The summed E-state index contributed by atoms with van der Waals surface area (Å²) in [6, 6.07) is 12.4. The third-order valence-electron chi connectivity index (χ3n) is 5.35. The van der Waals surface area contributed by atoms with Gasteiger partial charge in [0.1, 0.15) is 0 Å². The monoisotopic (exact) mass is 336 g/mol. The highest BCUT2D eigenvalue weighted by atomic mass is 16.3. The van der Waals surface area contributed by atoms with Gasteiger partial charge in [-0.1, -0.05) is 43.2 Å². The fourth-order valence-electron chi connectivity index (χ4n) is 3.95. The Balaban J connectivity index is 1.64. The maximum atomic E-state index is 10.2. The quantitative estimate of drug-likeness (QED) is 0.752. The van der Waals surface area contributed by atoms with E-state index >= 15 is 0 Å². The van der Waals surface area contributed by atoms with E-state index in [1.807, 2.05) is 28.9 Å². The maximum Gasteiger partial charge on any atom is 0.233 e. The Hall–Kier alpha value is -2.24. The molecule has 1 aromatic carbocycles. The molecule has 130 valence electrons. The van der Waals surface area contributed by atoms with Gasteiger partial charge in [-0.25, -0.2) is 9.97 Å². The molecule has 4 rings (SSSR count). The number of nitrogens with zero attached hydrogens (tertiary/aromatic N) is 4. The van der Waals surface area contributed by atoms with Gasteiger partial charge >= 0.3 is 0 Å². The van der Waals surface area contributed by atoms with Gasteiger partial charge in [-0.15, -0.1) is 0 Å². The van der Waals surface area contributed by atoms with Crippen molar-refractivity contribution >= 4 is 5.78 Å². The lowest BCUT2D eigenvalue weighted by atomic mass is 9.95. The van der Waals surface area contributed by atoms with Crippen LogP contribution in [-0.4, -0.2) is 36.5 Å². The molecule has 0 saturated heterocycles. The van der Waals surface area contributed by atoms with E-state index in [0.29, 0.717) is 0 Å². The van der Waals surface area contributed by atoms with E-state index < -0.39 is 0 Å². The molecule has 1 N–H and O–H groups in total. The summed E-state index contributed by atoms with van der Waals surface area (Å²) in [6.45, 7) is 1.74. The lowest BCUT2D eigenvalue weighted by molar-refractivity contribution is 0.0200. The zero-order valence-electron chi connectivity index (χ0n) is 14.4. The predicted molar refractivity (Wildman–Crippen MR) is 97.0 cm³/mol. The van der Waals surface area contributed by atoms with Gasteiger partial charge in [-0.05, 0) is 24.5 Å². The molecule has 5 heteroatoms. The lowest BCUT2D eigenvalue weighted by Crippen LogP contribution is -2.48. The van der Waals surface area contributed by atoms with Gasteiger partial charge in [-0.3, -0.25) is 9.30 Å². The highest BCUT2D eigenvalue weighted by molar-refractivity contribution is 5.29. The molecule has 1 fully saturated rings. The molecule has 1 aliphatic rings. The SMILES string of the molecule is OCC1(N(Cc2ccccc2)Cc2cn3cccnc3n2)CCCC1. The predicted octanol–water partition coefficient (Wildman–Crippen LogP) is 3.04. The summed E-state index contributed by atoms with van der Waals surface area (Å²) in [4.78, 5) is 11.4. The van der Waals surface area contributed by atoms with Gasteiger partial charge in [0.2, 0.25) is 5.78 Å². The van der Waals surface area contributed by atoms with Crippen molar-refractivity contribution in [1.82, 2.24) is 19.3 Å². The van der Waals surface area contributed by atoms with Crippen LogP contribution in [-0.2, 0) is 13.1 Å². The highest BCUT2D eigenvalue weighted by Crippen LogP contribution is 2.36. The van der Waals surface area contributed by atoms with Crippen LogP contribution >= 0.6 is 0 Å². The van der Waals surface area contributed by atoms with E-state index in [9.17, 15) is 5.11 Å². The van der Waals surface area contributed by atoms with E-state index in [0.717, 1.165) is 37.4 Å². The van der Waals surface area contributed by atoms with Crippen LogP contribution < -0.4 is 0 Å². The first kappa shape index (κ1) is 16.2. The molecule has 0 spiro atoms. The zero-order chi connectivity index (χ0) is 17.1. The molecular weight excluding hydrogens is 312 g/mol. The van der Waals surface area contributed by atoms with Crippen LogP contribution in [0.25, 0.3) is 5.78 Å². The summed E-state index contributed by atoms with van der Waals surface area (Å²) in [7, 11) is 0. The number of aliphatic hydroxyl groups is 1. The molecule has 1 saturated carbocycles. The summed E-state index contributed by atoms with van der Waals surface area (Å²) < 4.78 is 1.95. The second-order valence-electron chi connectivity index (χ2n) is 6.99. The Morgan fingerprint density at radius 2 is 1.88 bits per heavy atom. The molecule has 1 aliphatic carbocycles. The fraction of sp³-hybridized carbons (Fsp3) is 0.400. The van der Waals surface area contributed by atoms with E-state index in [1.54, 1.807) is 6.20 Å². The Morgan fingerprint density at radius 3 is 2.60 bits per heavy atom. The summed E-state index contributed by atoms with van der Waals surface area (Å²) in [5.74, 6) is 0.724. The number of aliphatic hydroxyl groups excluding tert-OH is 1. The molecule has 3 aromatic rings. The molecule has 2 aromatic heterocycles. The molecule has 0 atom stereocenters. The first-order valence-corrected chi connectivity index (χ1v) is 8.98. The van der Waals surface area contributed by atoms with Crippen molar-refractivity contribution in [1.29, 1.82) is 0 Å². The second kappa shape index (κ2) is 6.94. The average molecular weight is 336 g/mol. The largest absolute Gasteiger partial charge is 0.394 e. The van der Waals surface area contributed by atoms with Crippen molar-refractivity contribution in [2.75, 3.05) is 6.61 Å². The Labute approximate surface area is 148 Å². The van der Waals surface area contributed by atoms with E-state index in [4.69, 9.17) is 0 Å². The third-order valence-corrected chi connectivity index (χ3v) is 5.35. The number of rotatable bonds is 6. The summed E-state index contributed by atoms with van der Waals surface area (Å²) in [5, 5.41) is 10.2. The van der Waals surface area contributed by atoms with Gasteiger partial charge in [0.25, 0.3) is 0 Å². The van der Waals surface area contributed by atoms with Crippen LogP contribution in [0.1, 0.15) is 36.9 Å². The van der Waals surface area contributed by atoms with Gasteiger partial charge in [-0.2, -0.15) is 0 Å². The van der Waals surface area contributed by atoms with E-state index in [-0.39, 0.29) is 12.1 Å². The molecule has 2 heterocycles. The van der Waals surface area contributed by atoms with Gasteiger partial charge < -0.3 is 5.11 Å². The lowest BCUT2D eigenvalue weighted by Gasteiger charge is -2.40. The van der Waals surface area contributed by atoms with Crippen molar-refractivity contribution < 1.29 is 5.11 Å². The number of hydrogen-bond donors (Lipinski definition) is 1. The normalized spacial score (nSPS) is 16.7. The molecule has 5 nitrogen and oxygen atoms in total. The van der Waals surface area contributed by atoms with Crippen LogP contribution in [0.3, 0.4) is 0 Å². The number of aromatic nitrogens is 3. The second-order valence-corrected chi connectivity index (χ2v) is 6.99. The minimum absolute atomic E-state index is 0.140. The molecular formula is C20H24N4O. The summed E-state index contributed by atoms with van der Waals surface area (Å²) in [6.07, 6.45) is 10.2. The molecule has 0 unspecified atom stereocenters. The Morgan fingerprint density at radius 1 is 1.08 bits per heavy atom. The van der Waals surface area contributed by atoms with E-state index in [2.05, 4.69) is 39.1 Å². The van der Waals surface area contributed by atoms with Crippen molar-refractivity contribution in [2.24, 2.45) is 0 Å². The first-order valence-electron chi connectivity index (χ1n) is 8.98. The standard InChI is InChI=1S/C20H24N4O/c25-16-20(9-4-5-10-20)24(13-17-7-2-1-3-8-17)15-18-14-23-12-6-11-21-19(23)22-18/h1-3,6-8,11-12,14,25H,4-5,9-10,13,15-16H2. The smallest absolute Gasteiger partial charge is 0.233 e. The van der Waals surface area contributed by atoms with Crippen LogP contribution in [0.5, 0.6) is 0 Å². The van der Waals surface area contributed by atoms with Crippen LogP contribution in [0.2, 0.25) is 0 Å². The number of imidazole rings is 1. The van der Waals surface area contributed by atoms with Gasteiger partial charge in [0, 0.05) is 37.2 Å². The minimum atomic E-state index is -0.140. The van der Waals surface area contributed by atoms with Crippen LogP contribution in [0.15, 0.2) is 55.0 Å². The van der Waals surface area contributed by atoms with Crippen molar-refractivity contribution in [3.8, 4) is 0 Å². The molecule has 25 heavy (non-hydrogen) atoms. The third kappa shape index (κ3) is 3.30. The zero-order valence-corrected chi connectivity index (χ0v) is 14.4. The van der Waals surface area contributed by atoms with Crippen molar-refractivity contribution in [3.63, 3.8) is 0 Å². The molecule has 0 amide bonds. The maximum absolute atomic E-state index is 10.2. The summed E-state index contributed by atoms with van der Waals surface area (Å²) >= 11 is 0. The number of benzene rings is 1. The van der Waals surface area contributed by atoms with Gasteiger partial charge in [0.15, 0.2) is 0 Å². The topological polar surface area (TPSA) is 53.7 Å². The van der Waals surface area contributed by atoms with Crippen molar-refractivity contribution in [2.45, 2.75) is 44.3 Å². The molecule has 0 bridgehead atoms. The van der Waals surface area contributed by atoms with Crippen molar-refractivity contribution in [3.05, 3.63) is 66.2 Å². The fourth-order valence-corrected chi connectivity index (χ4v) is 3.95. The van der Waals surface area contributed by atoms with Crippen LogP contribution in [0.4, 0.5) is 0 Å². The highest BCUT2D eigenvalue weighted by Gasteiger charge is 2.39. The average Bonchev–Trinajstić information content (AvgIpc) is 3.29. The Kier molecular flexibility index (Phi) is 4.51. The molecule has 0 aliphatic heterocycles. The van der Waals surface area contributed by atoms with Gasteiger partial charge in [0.05, 0.1) is 12.3 Å². The molecule has 0 radical (unpaired) electrons. The number of fused-ring (bicyclic) bond motifs is 1. The Bertz CT molecular complexity index is 791. The minimum Gasteiger partial charge on any atom is -0.394 e. The first-order chi connectivity index (χ1) is 12.3. The van der Waals surface area contributed by atoms with Crippen LogP contribution in [0, 0.1) is 0 Å². The number of hydrogen-bond acceptors (Lipinski definition) is 4. The van der Waals surface area contributed by atoms with E-state index in [1.165, 1.54) is 18.4 Å².